The molecule has 0 heterocycles. The molecule has 0 aliphatic rings. The number of carbonyl (C=O) groups excluding carboxylic acids is 2. The van der Waals surface area contributed by atoms with Crippen molar-refractivity contribution >= 4 is 23.5 Å². The van der Waals surface area contributed by atoms with E-state index < -0.39 is 12.1 Å². The van der Waals surface area contributed by atoms with Crippen molar-refractivity contribution in [2.24, 2.45) is 5.73 Å². The van der Waals surface area contributed by atoms with Crippen LogP contribution in [0.2, 0.25) is 0 Å². The molecule has 0 radical (unpaired) electrons. The average molecular weight is 313 g/mol. The Labute approximate surface area is 129 Å². The molecule has 3 N–H and O–H groups in total. The predicted octanol–water partition coefficient (Wildman–Crippen LogP) is 2.22. The second kappa shape index (κ2) is 10.2. The van der Waals surface area contributed by atoms with E-state index in [0.717, 1.165) is 18.4 Å². The smallest absolute Gasteiger partial charge is 0.408 e. The van der Waals surface area contributed by atoms with Crippen LogP contribution in [0.1, 0.15) is 24.8 Å². The first-order valence-corrected chi connectivity index (χ1v) is 7.46. The third-order valence-corrected chi connectivity index (χ3v) is 3.24. The van der Waals surface area contributed by atoms with Crippen LogP contribution in [0, 0.1) is 0 Å². The van der Waals surface area contributed by atoms with Gasteiger partial charge in [0.25, 0.3) is 0 Å². The Morgan fingerprint density at radius 3 is 2.57 bits per heavy atom. The number of hydrogen-bond donors (Lipinski definition) is 2. The fourth-order valence-corrected chi connectivity index (χ4v) is 1.99. The van der Waals surface area contributed by atoms with Crippen LogP contribution in [0.25, 0.3) is 0 Å². The predicted molar refractivity (Wildman–Crippen MR) is 82.2 cm³/mol. The van der Waals surface area contributed by atoms with Gasteiger partial charge in [0.05, 0.1) is 11.9 Å². The quantitative estimate of drug-likeness (QED) is 0.541. The highest BCUT2D eigenvalue weighted by atomic mass is 35.5. The van der Waals surface area contributed by atoms with Crippen LogP contribution >= 0.6 is 11.6 Å². The third kappa shape index (κ3) is 7.11. The van der Waals surface area contributed by atoms with Gasteiger partial charge in [-0.15, -0.1) is 11.6 Å². The number of hydrogen-bond acceptors (Lipinski definition) is 4. The first-order chi connectivity index (χ1) is 10.2. The Kier molecular flexibility index (Phi) is 8.47. The van der Waals surface area contributed by atoms with Crippen molar-refractivity contribution in [2.45, 2.75) is 31.9 Å². The van der Waals surface area contributed by atoms with E-state index in [1.165, 1.54) is 0 Å². The van der Waals surface area contributed by atoms with E-state index in [1.54, 1.807) is 0 Å². The van der Waals surface area contributed by atoms with Gasteiger partial charge < -0.3 is 15.8 Å². The van der Waals surface area contributed by atoms with Gasteiger partial charge in [-0.05, 0) is 31.4 Å². The van der Waals surface area contributed by atoms with E-state index in [-0.39, 0.29) is 18.3 Å². The molecule has 5 nitrogen and oxygen atoms in total. The molecular formula is C15H21ClN2O3. The summed E-state index contributed by atoms with van der Waals surface area (Å²) in [5.41, 5.74) is 6.30. The van der Waals surface area contributed by atoms with Gasteiger partial charge in [-0.25, -0.2) is 4.79 Å². The number of unbranched alkanes of at least 4 members (excludes halogenated alkanes) is 1. The lowest BCUT2D eigenvalue weighted by Gasteiger charge is -2.16. The fraction of sp³-hybridized carbons (Fsp3) is 0.467. The molecule has 21 heavy (non-hydrogen) atoms. The Hall–Kier alpha value is -1.59. The largest absolute Gasteiger partial charge is 0.445 e. The van der Waals surface area contributed by atoms with Gasteiger partial charge in [0, 0.05) is 0 Å². The molecule has 0 bridgehead atoms. The lowest BCUT2D eigenvalue weighted by Crippen LogP contribution is -2.41. The number of rotatable bonds is 9. The SMILES string of the molecule is NCCCCC(NC(=O)OCc1ccccc1)C(=O)CCl. The molecule has 1 rings (SSSR count). The number of carbonyl (C=O) groups is 2. The summed E-state index contributed by atoms with van der Waals surface area (Å²) < 4.78 is 5.09. The molecule has 0 fully saturated rings. The summed E-state index contributed by atoms with van der Waals surface area (Å²) in [6.07, 6.45) is 1.45. The van der Waals surface area contributed by atoms with E-state index in [9.17, 15) is 9.59 Å². The highest BCUT2D eigenvalue weighted by molar-refractivity contribution is 6.28. The number of nitrogens with two attached hydrogens (primary N) is 1. The number of ketones is 1. The number of Topliss-reactive ketones (excluding diaryl/α,β-unsaturated/α-hetero) is 1. The molecule has 0 aliphatic heterocycles. The zero-order chi connectivity index (χ0) is 15.5. The van der Waals surface area contributed by atoms with Crippen LogP contribution in [0.5, 0.6) is 0 Å². The van der Waals surface area contributed by atoms with Gasteiger partial charge in [-0.1, -0.05) is 30.3 Å². The maximum atomic E-state index is 11.7. The minimum absolute atomic E-state index is 0.133. The molecular weight excluding hydrogens is 292 g/mol. The van der Waals surface area contributed by atoms with Crippen molar-refractivity contribution < 1.29 is 14.3 Å². The minimum atomic E-state index is -0.616. The Bertz CT molecular complexity index is 440. The van der Waals surface area contributed by atoms with Crippen molar-refractivity contribution in [2.75, 3.05) is 12.4 Å². The van der Waals surface area contributed by atoms with Gasteiger partial charge in [-0.2, -0.15) is 0 Å². The molecule has 0 spiro atoms. The highest BCUT2D eigenvalue weighted by Crippen LogP contribution is 2.05. The zero-order valence-corrected chi connectivity index (χ0v) is 12.6. The molecule has 1 aromatic carbocycles. The van der Waals surface area contributed by atoms with Crippen molar-refractivity contribution in [3.8, 4) is 0 Å². The molecule has 1 atom stereocenters. The van der Waals surface area contributed by atoms with Crippen LogP contribution in [0.15, 0.2) is 30.3 Å². The second-order valence-corrected chi connectivity index (χ2v) is 4.91. The average Bonchev–Trinajstić information content (AvgIpc) is 2.52. The Morgan fingerprint density at radius 2 is 1.95 bits per heavy atom. The monoisotopic (exact) mass is 312 g/mol. The lowest BCUT2D eigenvalue weighted by molar-refractivity contribution is -0.118. The van der Waals surface area contributed by atoms with E-state index in [4.69, 9.17) is 22.1 Å². The third-order valence-electron chi connectivity index (χ3n) is 2.97. The maximum absolute atomic E-state index is 11.7. The normalized spacial score (nSPS) is 11.7. The summed E-state index contributed by atoms with van der Waals surface area (Å²) in [5.74, 6) is -0.350. The van der Waals surface area contributed by atoms with Gasteiger partial charge in [-0.3, -0.25) is 4.79 Å². The number of nitrogens with one attached hydrogen (secondary N) is 1. The zero-order valence-electron chi connectivity index (χ0n) is 11.9. The van der Waals surface area contributed by atoms with E-state index in [0.29, 0.717) is 13.0 Å². The summed E-state index contributed by atoms with van der Waals surface area (Å²) in [4.78, 5) is 23.4. The van der Waals surface area contributed by atoms with Crippen LogP contribution in [0.4, 0.5) is 4.79 Å². The molecule has 0 aliphatic carbocycles. The standard InChI is InChI=1S/C15H21ClN2O3/c16-10-14(19)13(8-4-5-9-17)18-15(20)21-11-12-6-2-1-3-7-12/h1-3,6-7,13H,4-5,8-11,17H2,(H,18,20). The maximum Gasteiger partial charge on any atom is 0.408 e. The molecule has 6 heteroatoms. The molecule has 1 unspecified atom stereocenters. The van der Waals surface area contributed by atoms with Crippen molar-refractivity contribution in [1.29, 1.82) is 0 Å². The fourth-order valence-electron chi connectivity index (χ4n) is 1.81. The van der Waals surface area contributed by atoms with E-state index >= 15 is 0 Å². The first-order valence-electron chi connectivity index (χ1n) is 6.93. The summed E-state index contributed by atoms with van der Waals surface area (Å²) >= 11 is 5.55. The molecule has 0 aromatic heterocycles. The van der Waals surface area contributed by atoms with Crippen LogP contribution in [-0.4, -0.2) is 30.3 Å². The van der Waals surface area contributed by atoms with Gasteiger partial charge >= 0.3 is 6.09 Å². The molecule has 1 amide bonds. The number of alkyl halides is 1. The second-order valence-electron chi connectivity index (χ2n) is 4.64. The van der Waals surface area contributed by atoms with Crippen LogP contribution in [0.3, 0.4) is 0 Å². The number of halogens is 1. The number of ether oxygens (including phenoxy) is 1. The molecule has 0 saturated carbocycles. The first kappa shape index (κ1) is 17.5. The van der Waals surface area contributed by atoms with Gasteiger partial charge in [0.1, 0.15) is 6.61 Å². The summed E-state index contributed by atoms with van der Waals surface area (Å²) in [5, 5.41) is 2.56. The van der Waals surface area contributed by atoms with Crippen molar-refractivity contribution in [3.63, 3.8) is 0 Å². The highest BCUT2D eigenvalue weighted by Gasteiger charge is 2.20. The summed E-state index contributed by atoms with van der Waals surface area (Å²) in [6.45, 7) is 0.720. The van der Waals surface area contributed by atoms with Crippen molar-refractivity contribution in [3.05, 3.63) is 35.9 Å². The van der Waals surface area contributed by atoms with Crippen LogP contribution < -0.4 is 11.1 Å². The summed E-state index contributed by atoms with van der Waals surface area (Å²) in [6, 6.07) is 8.71. The number of benzene rings is 1. The number of alkyl carbamates (subject to hydrolysis) is 1. The lowest BCUT2D eigenvalue weighted by atomic mass is 10.1. The topological polar surface area (TPSA) is 81.4 Å². The van der Waals surface area contributed by atoms with E-state index in [1.807, 2.05) is 30.3 Å². The van der Waals surface area contributed by atoms with Gasteiger partial charge in [0.15, 0.2) is 5.78 Å². The number of amides is 1. The molecule has 1 aromatic rings. The summed E-state index contributed by atoms with van der Waals surface area (Å²) in [7, 11) is 0. The Balaban J connectivity index is 2.41. The van der Waals surface area contributed by atoms with Gasteiger partial charge in [0.2, 0.25) is 0 Å². The van der Waals surface area contributed by atoms with Crippen molar-refractivity contribution in [1.82, 2.24) is 5.32 Å². The van der Waals surface area contributed by atoms with Crippen LogP contribution in [-0.2, 0) is 16.1 Å². The molecule has 116 valence electrons. The Morgan fingerprint density at radius 1 is 1.24 bits per heavy atom. The molecule has 0 saturated heterocycles. The van der Waals surface area contributed by atoms with E-state index in [2.05, 4.69) is 5.32 Å². The minimum Gasteiger partial charge on any atom is -0.445 e.